The van der Waals surface area contributed by atoms with E-state index in [2.05, 4.69) is 5.32 Å². The number of hydrogen-bond donors (Lipinski definition) is 1. The maximum atomic E-state index is 12.7. The van der Waals surface area contributed by atoms with Gasteiger partial charge in [-0.05, 0) is 37.1 Å². The number of nitro benzene ring substituents is 1. The molecule has 0 unspecified atom stereocenters. The van der Waals surface area contributed by atoms with Crippen LogP contribution in [0.4, 0.5) is 11.4 Å². The van der Waals surface area contributed by atoms with Crippen LogP contribution in [0.1, 0.15) is 18.9 Å². The van der Waals surface area contributed by atoms with E-state index in [9.17, 15) is 23.3 Å². The molecule has 9 nitrogen and oxygen atoms in total. The van der Waals surface area contributed by atoms with E-state index >= 15 is 0 Å². The molecule has 0 aromatic heterocycles. The molecule has 168 valence electrons. The fourth-order valence-electron chi connectivity index (χ4n) is 2.93. The number of halogens is 1. The van der Waals surface area contributed by atoms with E-state index in [1.54, 1.807) is 19.1 Å². The third kappa shape index (κ3) is 6.56. The molecule has 0 heterocycles. The second kappa shape index (κ2) is 10.5. The Morgan fingerprint density at radius 2 is 2.00 bits per heavy atom. The van der Waals surface area contributed by atoms with E-state index in [-0.39, 0.29) is 30.9 Å². The van der Waals surface area contributed by atoms with Crippen LogP contribution >= 0.6 is 11.6 Å². The fourth-order valence-corrected chi connectivity index (χ4v) is 4.30. The molecule has 0 aliphatic heterocycles. The Kier molecular flexibility index (Phi) is 8.23. The number of nitro groups is 1. The molecule has 31 heavy (non-hydrogen) atoms. The van der Waals surface area contributed by atoms with E-state index in [0.717, 1.165) is 22.2 Å². The average Bonchev–Trinajstić information content (AvgIpc) is 2.70. The second-order valence-electron chi connectivity index (χ2n) is 6.81. The minimum Gasteiger partial charge on any atom is -0.492 e. The Bertz CT molecular complexity index is 1060. The zero-order valence-corrected chi connectivity index (χ0v) is 18.9. The average molecular weight is 470 g/mol. The summed E-state index contributed by atoms with van der Waals surface area (Å²) in [6.45, 7) is 3.81. The lowest BCUT2D eigenvalue weighted by molar-refractivity contribution is -0.384. The maximum absolute atomic E-state index is 12.7. The predicted octanol–water partition coefficient (Wildman–Crippen LogP) is 3.30. The zero-order chi connectivity index (χ0) is 23.2. The molecular weight excluding hydrogens is 446 g/mol. The number of nitrogens with zero attached hydrogens (tertiary/aromatic N) is 2. The first-order valence-electron chi connectivity index (χ1n) is 9.45. The molecule has 0 spiro atoms. The first kappa shape index (κ1) is 24.4. The van der Waals surface area contributed by atoms with E-state index in [1.165, 1.54) is 18.2 Å². The highest BCUT2D eigenvalue weighted by atomic mass is 35.5. The molecule has 2 rings (SSSR count). The molecular formula is C20H24ClN3O6S. The number of aryl methyl sites for hydroxylation is 1. The molecule has 0 bridgehead atoms. The molecule has 2 aromatic rings. The number of carbonyl (C=O) groups excluding carboxylic acids is 1. The third-order valence-corrected chi connectivity index (χ3v) is 6.03. The summed E-state index contributed by atoms with van der Waals surface area (Å²) in [5.74, 6) is 0.0104. The van der Waals surface area contributed by atoms with Gasteiger partial charge in [-0.15, -0.1) is 0 Å². The van der Waals surface area contributed by atoms with Gasteiger partial charge in [-0.1, -0.05) is 30.7 Å². The number of hydrogen-bond acceptors (Lipinski definition) is 6. The molecule has 1 atom stereocenters. The van der Waals surface area contributed by atoms with Crippen molar-refractivity contribution in [3.63, 3.8) is 0 Å². The number of sulfonamides is 1. The Morgan fingerprint density at radius 1 is 1.29 bits per heavy atom. The van der Waals surface area contributed by atoms with Gasteiger partial charge in [0.2, 0.25) is 15.9 Å². The van der Waals surface area contributed by atoms with Crippen molar-refractivity contribution >= 4 is 38.9 Å². The van der Waals surface area contributed by atoms with Crippen molar-refractivity contribution in [3.05, 3.63) is 63.2 Å². The van der Waals surface area contributed by atoms with Crippen molar-refractivity contribution in [1.82, 2.24) is 5.32 Å². The minimum atomic E-state index is -3.90. The molecule has 0 saturated carbocycles. The van der Waals surface area contributed by atoms with E-state index in [4.69, 9.17) is 16.3 Å². The Balaban J connectivity index is 2.10. The first-order chi connectivity index (χ1) is 14.5. The summed E-state index contributed by atoms with van der Waals surface area (Å²) in [6.07, 6.45) is 1.11. The largest absolute Gasteiger partial charge is 0.492 e. The van der Waals surface area contributed by atoms with Crippen LogP contribution in [0.25, 0.3) is 0 Å². The molecule has 11 heteroatoms. The van der Waals surface area contributed by atoms with E-state index in [1.807, 2.05) is 13.0 Å². The maximum Gasteiger partial charge on any atom is 0.271 e. The van der Waals surface area contributed by atoms with Crippen molar-refractivity contribution in [3.8, 4) is 5.75 Å². The molecule has 0 aliphatic rings. The van der Waals surface area contributed by atoms with Gasteiger partial charge < -0.3 is 10.1 Å². The molecule has 0 aliphatic carbocycles. The van der Waals surface area contributed by atoms with Crippen molar-refractivity contribution in [2.24, 2.45) is 0 Å². The van der Waals surface area contributed by atoms with Crippen molar-refractivity contribution in [1.29, 1.82) is 0 Å². The number of amides is 1. The van der Waals surface area contributed by atoms with Crippen LogP contribution in [0.5, 0.6) is 5.75 Å². The van der Waals surface area contributed by atoms with Gasteiger partial charge in [-0.3, -0.25) is 19.2 Å². The quantitative estimate of drug-likeness (QED) is 0.324. The highest BCUT2D eigenvalue weighted by molar-refractivity contribution is 7.92. The lowest BCUT2D eigenvalue weighted by Gasteiger charge is -2.30. The highest BCUT2D eigenvalue weighted by Crippen LogP contribution is 2.26. The van der Waals surface area contributed by atoms with Gasteiger partial charge in [0, 0.05) is 17.2 Å². The Hall–Kier alpha value is -2.85. The van der Waals surface area contributed by atoms with Crippen molar-refractivity contribution in [2.75, 3.05) is 23.7 Å². The van der Waals surface area contributed by atoms with Crippen LogP contribution < -0.4 is 14.4 Å². The normalized spacial score (nSPS) is 12.1. The number of ether oxygens (including phenoxy) is 1. The molecule has 0 saturated heterocycles. The summed E-state index contributed by atoms with van der Waals surface area (Å²) in [5.41, 5.74) is 0.686. The monoisotopic (exact) mass is 469 g/mol. The number of non-ortho nitro benzene ring substituents is 1. The zero-order valence-electron chi connectivity index (χ0n) is 17.4. The topological polar surface area (TPSA) is 119 Å². The second-order valence-corrected chi connectivity index (χ2v) is 9.08. The van der Waals surface area contributed by atoms with Gasteiger partial charge in [0.1, 0.15) is 18.4 Å². The van der Waals surface area contributed by atoms with Gasteiger partial charge in [-0.2, -0.15) is 0 Å². The summed E-state index contributed by atoms with van der Waals surface area (Å²) in [4.78, 5) is 23.2. The lowest BCUT2D eigenvalue weighted by atomic mass is 10.2. The number of rotatable bonds is 10. The number of nitrogens with one attached hydrogen (secondary N) is 1. The molecule has 0 radical (unpaired) electrons. The third-order valence-electron chi connectivity index (χ3n) is 4.44. The standard InChI is InChI=1S/C20H24ClN3O6S/c1-4-19(20(25)22-10-11-30-17-9-8-14(2)18(21)13-17)23(31(3,28)29)15-6-5-7-16(12-15)24(26)27/h5-9,12-13,19H,4,10-11H2,1-3H3,(H,22,25)/t19-/m1/s1. The first-order valence-corrected chi connectivity index (χ1v) is 11.7. The van der Waals surface area contributed by atoms with Gasteiger partial charge in [0.05, 0.1) is 23.4 Å². The predicted molar refractivity (Wildman–Crippen MR) is 119 cm³/mol. The summed E-state index contributed by atoms with van der Waals surface area (Å²) >= 11 is 6.05. The molecule has 1 amide bonds. The van der Waals surface area contributed by atoms with Crippen molar-refractivity contribution in [2.45, 2.75) is 26.3 Å². The number of carbonyl (C=O) groups is 1. The van der Waals surface area contributed by atoms with Crippen LogP contribution in [0, 0.1) is 17.0 Å². The van der Waals surface area contributed by atoms with Gasteiger partial charge >= 0.3 is 0 Å². The van der Waals surface area contributed by atoms with E-state index < -0.39 is 26.9 Å². The van der Waals surface area contributed by atoms with Crippen LogP contribution in [-0.2, 0) is 14.8 Å². The van der Waals surface area contributed by atoms with Gasteiger partial charge in [0.25, 0.3) is 5.69 Å². The van der Waals surface area contributed by atoms with Crippen LogP contribution in [0.15, 0.2) is 42.5 Å². The van der Waals surface area contributed by atoms with E-state index in [0.29, 0.717) is 10.8 Å². The highest BCUT2D eigenvalue weighted by Gasteiger charge is 2.32. The summed E-state index contributed by atoms with van der Waals surface area (Å²) in [6, 6.07) is 9.32. The van der Waals surface area contributed by atoms with Crippen LogP contribution in [0.3, 0.4) is 0 Å². The lowest BCUT2D eigenvalue weighted by Crippen LogP contribution is -2.50. The summed E-state index contributed by atoms with van der Waals surface area (Å²) < 4.78 is 31.3. The van der Waals surface area contributed by atoms with Gasteiger partial charge in [-0.25, -0.2) is 8.42 Å². The SMILES string of the molecule is CC[C@H](C(=O)NCCOc1ccc(C)c(Cl)c1)N(c1cccc([N+](=O)[O-])c1)S(C)(=O)=O. The summed E-state index contributed by atoms with van der Waals surface area (Å²) in [7, 11) is -3.90. The van der Waals surface area contributed by atoms with Gasteiger partial charge in [0.15, 0.2) is 0 Å². The molecule has 2 aromatic carbocycles. The number of anilines is 1. The Morgan fingerprint density at radius 3 is 2.58 bits per heavy atom. The number of benzene rings is 2. The smallest absolute Gasteiger partial charge is 0.271 e. The van der Waals surface area contributed by atoms with Crippen molar-refractivity contribution < 1.29 is 22.9 Å². The fraction of sp³-hybridized carbons (Fsp3) is 0.350. The molecule has 0 fully saturated rings. The molecule has 1 N–H and O–H groups in total. The minimum absolute atomic E-state index is 0.0456. The van der Waals surface area contributed by atoms with Crippen LogP contribution in [0.2, 0.25) is 5.02 Å². The van der Waals surface area contributed by atoms with Crippen LogP contribution in [-0.4, -0.2) is 44.7 Å². The summed E-state index contributed by atoms with van der Waals surface area (Å²) in [5, 5.41) is 14.3. The Labute approximate surface area is 186 Å².